The van der Waals surface area contributed by atoms with Gasteiger partial charge >= 0.3 is 0 Å². The van der Waals surface area contributed by atoms with Gasteiger partial charge in [-0.2, -0.15) is 0 Å². The van der Waals surface area contributed by atoms with E-state index in [1.54, 1.807) is 0 Å². The van der Waals surface area contributed by atoms with Crippen molar-refractivity contribution in [2.24, 2.45) is 0 Å². The summed E-state index contributed by atoms with van der Waals surface area (Å²) in [6.07, 6.45) is 0.796. The first-order valence-corrected chi connectivity index (χ1v) is 7.63. The maximum Gasteiger partial charge on any atom is 0.0437 e. The van der Waals surface area contributed by atoms with Crippen molar-refractivity contribution in [3.63, 3.8) is 0 Å². The van der Waals surface area contributed by atoms with E-state index in [1.807, 2.05) is 6.07 Å². The number of aliphatic hydroxyl groups is 1. The predicted octanol–water partition coefficient (Wildman–Crippen LogP) is 3.56. The zero-order chi connectivity index (χ0) is 15.1. The van der Waals surface area contributed by atoms with Crippen molar-refractivity contribution in [1.82, 2.24) is 5.32 Å². The predicted molar refractivity (Wildman–Crippen MR) is 88.5 cm³/mol. The quantitative estimate of drug-likeness (QED) is 0.814. The standard InChI is InChI=1S/C19H25NO/c1-15-8-9-18(16(2)12-15)13-20-14-19(10-11-21)17-6-4-3-5-7-17/h3-9,12,19-21H,10-11,13-14H2,1-2H3. The molecule has 1 unspecified atom stereocenters. The lowest BCUT2D eigenvalue weighted by atomic mass is 9.96. The molecule has 0 aliphatic heterocycles. The van der Waals surface area contributed by atoms with Gasteiger partial charge in [0.2, 0.25) is 0 Å². The molecule has 0 aliphatic rings. The number of benzene rings is 2. The van der Waals surface area contributed by atoms with Crippen molar-refractivity contribution in [2.45, 2.75) is 32.7 Å². The van der Waals surface area contributed by atoms with E-state index in [-0.39, 0.29) is 6.61 Å². The first kappa shape index (κ1) is 15.7. The number of rotatable bonds is 7. The molecule has 2 N–H and O–H groups in total. The van der Waals surface area contributed by atoms with Crippen LogP contribution in [0.3, 0.4) is 0 Å². The van der Waals surface area contributed by atoms with E-state index in [0.717, 1.165) is 19.5 Å². The first-order valence-electron chi connectivity index (χ1n) is 7.63. The van der Waals surface area contributed by atoms with Crippen LogP contribution in [-0.4, -0.2) is 18.3 Å². The van der Waals surface area contributed by atoms with Gasteiger partial charge < -0.3 is 10.4 Å². The highest BCUT2D eigenvalue weighted by Crippen LogP contribution is 2.18. The molecule has 0 bridgehead atoms. The molecule has 112 valence electrons. The average molecular weight is 283 g/mol. The molecule has 0 aliphatic carbocycles. The van der Waals surface area contributed by atoms with E-state index < -0.39 is 0 Å². The minimum absolute atomic E-state index is 0.227. The lowest BCUT2D eigenvalue weighted by Gasteiger charge is -2.18. The van der Waals surface area contributed by atoms with Crippen LogP contribution >= 0.6 is 0 Å². The molecule has 2 nitrogen and oxygen atoms in total. The molecule has 0 radical (unpaired) electrons. The first-order chi connectivity index (χ1) is 10.2. The Bertz CT molecular complexity index is 551. The third kappa shape index (κ3) is 4.69. The van der Waals surface area contributed by atoms with Crippen LogP contribution in [0.1, 0.15) is 34.6 Å². The molecule has 21 heavy (non-hydrogen) atoms. The van der Waals surface area contributed by atoms with Gasteiger partial charge in [0.1, 0.15) is 0 Å². The Morgan fingerprint density at radius 1 is 1.05 bits per heavy atom. The van der Waals surface area contributed by atoms with Crippen LogP contribution in [0.2, 0.25) is 0 Å². The summed E-state index contributed by atoms with van der Waals surface area (Å²) < 4.78 is 0. The third-order valence-electron chi connectivity index (χ3n) is 3.95. The molecule has 2 rings (SSSR count). The van der Waals surface area contributed by atoms with E-state index >= 15 is 0 Å². The second-order valence-electron chi connectivity index (χ2n) is 5.68. The highest BCUT2D eigenvalue weighted by atomic mass is 16.3. The summed E-state index contributed by atoms with van der Waals surface area (Å²) in [7, 11) is 0. The Kier molecular flexibility index (Phi) is 5.97. The zero-order valence-corrected chi connectivity index (χ0v) is 13.0. The molecule has 0 heterocycles. The maximum absolute atomic E-state index is 9.26. The van der Waals surface area contributed by atoms with Crippen molar-refractivity contribution in [2.75, 3.05) is 13.2 Å². The number of hydrogen-bond donors (Lipinski definition) is 2. The van der Waals surface area contributed by atoms with Crippen LogP contribution in [-0.2, 0) is 6.54 Å². The van der Waals surface area contributed by atoms with Crippen LogP contribution in [0.15, 0.2) is 48.5 Å². The SMILES string of the molecule is Cc1ccc(CNCC(CCO)c2ccccc2)c(C)c1. The molecular formula is C19H25NO. The zero-order valence-electron chi connectivity index (χ0n) is 13.0. The molecule has 0 amide bonds. The molecular weight excluding hydrogens is 258 g/mol. The third-order valence-corrected chi connectivity index (χ3v) is 3.95. The molecule has 1 atom stereocenters. The van der Waals surface area contributed by atoms with Gasteiger partial charge in [-0.05, 0) is 42.9 Å². The Balaban J connectivity index is 1.93. The minimum Gasteiger partial charge on any atom is -0.396 e. The fourth-order valence-corrected chi connectivity index (χ4v) is 2.69. The highest BCUT2D eigenvalue weighted by Gasteiger charge is 2.10. The van der Waals surface area contributed by atoms with Crippen LogP contribution in [0.4, 0.5) is 0 Å². The van der Waals surface area contributed by atoms with Gasteiger partial charge in [0.15, 0.2) is 0 Å². The van der Waals surface area contributed by atoms with Gasteiger partial charge in [-0.15, -0.1) is 0 Å². The van der Waals surface area contributed by atoms with Gasteiger partial charge in [-0.25, -0.2) is 0 Å². The lowest BCUT2D eigenvalue weighted by molar-refractivity contribution is 0.273. The maximum atomic E-state index is 9.26. The Hall–Kier alpha value is -1.64. The second kappa shape index (κ2) is 7.96. The van der Waals surface area contributed by atoms with Crippen molar-refractivity contribution >= 4 is 0 Å². The summed E-state index contributed by atoms with van der Waals surface area (Å²) in [6, 6.07) is 17.0. The molecule has 0 fully saturated rings. The van der Waals surface area contributed by atoms with E-state index in [2.05, 4.69) is 61.6 Å². The van der Waals surface area contributed by atoms with Crippen molar-refractivity contribution < 1.29 is 5.11 Å². The van der Waals surface area contributed by atoms with E-state index in [9.17, 15) is 5.11 Å². The fraction of sp³-hybridized carbons (Fsp3) is 0.368. The van der Waals surface area contributed by atoms with Gasteiger partial charge in [0, 0.05) is 19.7 Å². The van der Waals surface area contributed by atoms with Crippen LogP contribution < -0.4 is 5.32 Å². The number of aryl methyl sites for hydroxylation is 2. The topological polar surface area (TPSA) is 32.3 Å². The Morgan fingerprint density at radius 3 is 2.48 bits per heavy atom. The highest BCUT2D eigenvalue weighted by molar-refractivity contribution is 5.30. The summed E-state index contributed by atoms with van der Waals surface area (Å²) in [5.74, 6) is 0.363. The van der Waals surface area contributed by atoms with Crippen molar-refractivity contribution in [3.05, 3.63) is 70.8 Å². The number of hydrogen-bond acceptors (Lipinski definition) is 2. The van der Waals surface area contributed by atoms with Crippen LogP contribution in [0, 0.1) is 13.8 Å². The summed E-state index contributed by atoms with van der Waals surface area (Å²) in [4.78, 5) is 0. The average Bonchev–Trinajstić information content (AvgIpc) is 2.49. The normalized spacial score (nSPS) is 12.3. The van der Waals surface area contributed by atoms with Crippen LogP contribution in [0.25, 0.3) is 0 Å². The second-order valence-corrected chi connectivity index (χ2v) is 5.68. The molecule has 2 heteroatoms. The largest absolute Gasteiger partial charge is 0.396 e. The van der Waals surface area contributed by atoms with Gasteiger partial charge in [0.05, 0.1) is 0 Å². The monoisotopic (exact) mass is 283 g/mol. The van der Waals surface area contributed by atoms with Gasteiger partial charge in [0.25, 0.3) is 0 Å². The smallest absolute Gasteiger partial charge is 0.0437 e. The molecule has 0 aromatic heterocycles. The fourth-order valence-electron chi connectivity index (χ4n) is 2.69. The van der Waals surface area contributed by atoms with Gasteiger partial charge in [-0.3, -0.25) is 0 Å². The van der Waals surface area contributed by atoms with E-state index in [1.165, 1.54) is 22.3 Å². The van der Waals surface area contributed by atoms with Crippen LogP contribution in [0.5, 0.6) is 0 Å². The van der Waals surface area contributed by atoms with Gasteiger partial charge in [-0.1, -0.05) is 54.1 Å². The van der Waals surface area contributed by atoms with Crippen molar-refractivity contribution in [1.29, 1.82) is 0 Å². The Morgan fingerprint density at radius 2 is 1.81 bits per heavy atom. The summed E-state index contributed by atoms with van der Waals surface area (Å²) in [5, 5.41) is 12.8. The molecule has 2 aromatic carbocycles. The molecule has 0 spiro atoms. The Labute approximate surface area is 127 Å². The molecule has 2 aromatic rings. The van der Waals surface area contributed by atoms with Crippen molar-refractivity contribution in [3.8, 4) is 0 Å². The summed E-state index contributed by atoms with van der Waals surface area (Å²) >= 11 is 0. The molecule has 0 saturated heterocycles. The number of aliphatic hydroxyl groups excluding tert-OH is 1. The van der Waals surface area contributed by atoms with E-state index in [4.69, 9.17) is 0 Å². The number of nitrogens with one attached hydrogen (secondary N) is 1. The summed E-state index contributed by atoms with van der Waals surface area (Å²) in [5.41, 5.74) is 5.27. The minimum atomic E-state index is 0.227. The van der Waals surface area contributed by atoms with E-state index in [0.29, 0.717) is 5.92 Å². The summed E-state index contributed by atoms with van der Waals surface area (Å²) in [6.45, 7) is 6.27. The lowest BCUT2D eigenvalue weighted by Crippen LogP contribution is -2.22. The molecule has 0 saturated carbocycles.